The molecular weight excluding hydrogens is 412 g/mol. The molecule has 5 heteroatoms. The van der Waals surface area contributed by atoms with Crippen molar-refractivity contribution in [1.82, 2.24) is 5.32 Å². The van der Waals surface area contributed by atoms with Gasteiger partial charge in [0.25, 0.3) is 0 Å². The number of ether oxygens (including phenoxy) is 3. The van der Waals surface area contributed by atoms with E-state index in [9.17, 15) is 0 Å². The van der Waals surface area contributed by atoms with Crippen LogP contribution < -0.4 is 11.1 Å². The van der Waals surface area contributed by atoms with Gasteiger partial charge in [-0.05, 0) is 76.0 Å². The van der Waals surface area contributed by atoms with Gasteiger partial charge in [-0.1, -0.05) is 43.5 Å². The zero-order valence-corrected chi connectivity index (χ0v) is 20.8. The van der Waals surface area contributed by atoms with Gasteiger partial charge >= 0.3 is 0 Å². The summed E-state index contributed by atoms with van der Waals surface area (Å²) >= 11 is 0. The molecule has 0 aromatic heterocycles. The fourth-order valence-corrected chi connectivity index (χ4v) is 2.79. The summed E-state index contributed by atoms with van der Waals surface area (Å²) in [5, 5.41) is 3.25. The molecule has 3 N–H and O–H groups in total. The second-order valence-corrected chi connectivity index (χ2v) is 7.79. The van der Waals surface area contributed by atoms with Crippen molar-refractivity contribution in [2.24, 2.45) is 5.73 Å². The summed E-state index contributed by atoms with van der Waals surface area (Å²) in [4.78, 5) is 0. The molecule has 180 valence electrons. The Balaban J connectivity index is 2.76. The lowest BCUT2D eigenvalue weighted by Crippen LogP contribution is -2.22. The summed E-state index contributed by atoms with van der Waals surface area (Å²) in [6.07, 6.45) is 8.30. The van der Waals surface area contributed by atoms with E-state index in [2.05, 4.69) is 18.5 Å². The fraction of sp³-hybridized carbons (Fsp3) is 0.357. The highest BCUT2D eigenvalue weighted by Crippen LogP contribution is 2.14. The van der Waals surface area contributed by atoms with E-state index in [4.69, 9.17) is 19.9 Å². The predicted molar refractivity (Wildman–Crippen MR) is 138 cm³/mol. The minimum Gasteiger partial charge on any atom is -0.494 e. The summed E-state index contributed by atoms with van der Waals surface area (Å²) in [6.45, 7) is 19.3. The van der Waals surface area contributed by atoms with Crippen LogP contribution in [0.15, 0.2) is 102 Å². The van der Waals surface area contributed by atoms with Crippen molar-refractivity contribution in [1.29, 1.82) is 0 Å². The van der Waals surface area contributed by atoms with Gasteiger partial charge in [-0.2, -0.15) is 0 Å². The molecule has 0 unspecified atom stereocenters. The normalized spacial score (nSPS) is 13.3. The van der Waals surface area contributed by atoms with Gasteiger partial charge in [0.15, 0.2) is 0 Å². The van der Waals surface area contributed by atoms with Crippen LogP contribution in [0.5, 0.6) is 0 Å². The molecule has 0 saturated carbocycles. The standard InChI is InChI=1S/C28H40N2O3/c1-8-26(32-20-25-14-11-10-12-15-25)19-27(33-21(3)4)16-13-17-30-28(29)23(6)18-22(5)24(7)31-9-2/h8,10-12,14-16,18-19,21,30H,1,7,9,13,17,20,29H2,2-6H3/b22-18+,26-19+,27-16+,28-23+. The summed E-state index contributed by atoms with van der Waals surface area (Å²) in [7, 11) is 0. The molecule has 0 atom stereocenters. The Morgan fingerprint density at radius 1 is 1.09 bits per heavy atom. The smallest absolute Gasteiger partial charge is 0.122 e. The highest BCUT2D eigenvalue weighted by Gasteiger charge is 2.04. The van der Waals surface area contributed by atoms with Crippen LogP contribution in [0.25, 0.3) is 0 Å². The van der Waals surface area contributed by atoms with E-state index in [1.54, 1.807) is 6.08 Å². The lowest BCUT2D eigenvalue weighted by atomic mass is 10.1. The van der Waals surface area contributed by atoms with Gasteiger partial charge in [0.05, 0.1) is 18.5 Å². The second-order valence-electron chi connectivity index (χ2n) is 7.79. The summed E-state index contributed by atoms with van der Waals surface area (Å²) in [5.74, 6) is 2.66. The molecule has 0 heterocycles. The molecule has 0 bridgehead atoms. The fourth-order valence-electron chi connectivity index (χ4n) is 2.79. The zero-order valence-electron chi connectivity index (χ0n) is 20.8. The number of hydrogen-bond donors (Lipinski definition) is 2. The lowest BCUT2D eigenvalue weighted by Gasteiger charge is -2.14. The Kier molecular flexibility index (Phi) is 13.0. The first kappa shape index (κ1) is 27.7. The summed E-state index contributed by atoms with van der Waals surface area (Å²) in [6, 6.07) is 10.0. The number of hydrogen-bond acceptors (Lipinski definition) is 5. The first-order valence-corrected chi connectivity index (χ1v) is 11.3. The number of allylic oxidation sites excluding steroid dienone is 5. The topological polar surface area (TPSA) is 65.7 Å². The van der Waals surface area contributed by atoms with Gasteiger partial charge in [-0.15, -0.1) is 0 Å². The van der Waals surface area contributed by atoms with E-state index in [1.165, 1.54) is 0 Å². The van der Waals surface area contributed by atoms with Crippen molar-refractivity contribution >= 4 is 0 Å². The molecule has 0 amide bonds. The molecule has 0 aliphatic carbocycles. The van der Waals surface area contributed by atoms with Crippen LogP contribution in [0.2, 0.25) is 0 Å². The first-order chi connectivity index (χ1) is 15.8. The van der Waals surface area contributed by atoms with E-state index in [0.29, 0.717) is 37.1 Å². The molecule has 5 nitrogen and oxygen atoms in total. The van der Waals surface area contributed by atoms with Crippen LogP contribution in [0.3, 0.4) is 0 Å². The Hall–Kier alpha value is -3.34. The van der Waals surface area contributed by atoms with Crippen LogP contribution >= 0.6 is 0 Å². The number of nitrogens with two attached hydrogens (primary N) is 1. The van der Waals surface area contributed by atoms with Crippen LogP contribution in [0.4, 0.5) is 0 Å². The monoisotopic (exact) mass is 452 g/mol. The predicted octanol–water partition coefficient (Wildman–Crippen LogP) is 6.25. The van der Waals surface area contributed by atoms with Gasteiger partial charge < -0.3 is 25.3 Å². The van der Waals surface area contributed by atoms with E-state index in [0.717, 1.165) is 28.9 Å². The molecule has 1 aromatic rings. The van der Waals surface area contributed by atoms with E-state index in [1.807, 2.05) is 83.2 Å². The van der Waals surface area contributed by atoms with Crippen molar-refractivity contribution in [3.05, 3.63) is 108 Å². The molecular formula is C28H40N2O3. The minimum absolute atomic E-state index is 0.0411. The Labute approximate surface area is 200 Å². The van der Waals surface area contributed by atoms with Crippen LogP contribution in [0, 0.1) is 0 Å². The zero-order chi connectivity index (χ0) is 24.6. The SMILES string of the molecule is C=C/C(=C\C(=C/CCN/C(N)=C(C)/C=C(\C)C(=C)OCC)OC(C)C)OCc1ccccc1. The first-order valence-electron chi connectivity index (χ1n) is 11.3. The number of benzene rings is 1. The Bertz CT molecular complexity index is 878. The second kappa shape index (κ2) is 15.5. The molecule has 0 radical (unpaired) electrons. The maximum atomic E-state index is 6.19. The summed E-state index contributed by atoms with van der Waals surface area (Å²) < 4.78 is 17.3. The third-order valence-corrected chi connectivity index (χ3v) is 4.53. The maximum absolute atomic E-state index is 6.19. The Morgan fingerprint density at radius 2 is 1.79 bits per heavy atom. The molecule has 33 heavy (non-hydrogen) atoms. The van der Waals surface area contributed by atoms with Crippen LogP contribution in [0.1, 0.15) is 46.6 Å². The molecule has 0 fully saturated rings. The van der Waals surface area contributed by atoms with Crippen molar-refractivity contribution in [2.75, 3.05) is 13.2 Å². The van der Waals surface area contributed by atoms with Crippen molar-refractivity contribution in [3.63, 3.8) is 0 Å². The molecule has 1 rings (SSSR count). The van der Waals surface area contributed by atoms with Crippen LogP contribution in [-0.4, -0.2) is 19.3 Å². The maximum Gasteiger partial charge on any atom is 0.122 e. The third-order valence-electron chi connectivity index (χ3n) is 4.53. The largest absolute Gasteiger partial charge is 0.494 e. The van der Waals surface area contributed by atoms with Crippen molar-refractivity contribution < 1.29 is 14.2 Å². The third kappa shape index (κ3) is 11.7. The molecule has 0 spiro atoms. The van der Waals surface area contributed by atoms with E-state index in [-0.39, 0.29) is 6.10 Å². The average molecular weight is 453 g/mol. The molecule has 0 aliphatic rings. The van der Waals surface area contributed by atoms with Crippen molar-refractivity contribution in [3.8, 4) is 0 Å². The van der Waals surface area contributed by atoms with Gasteiger partial charge in [0.1, 0.15) is 23.9 Å². The van der Waals surface area contributed by atoms with E-state index < -0.39 is 0 Å². The minimum atomic E-state index is 0.0411. The quantitative estimate of drug-likeness (QED) is 0.187. The number of nitrogens with one attached hydrogen (secondary N) is 1. The molecule has 1 aromatic carbocycles. The van der Waals surface area contributed by atoms with E-state index >= 15 is 0 Å². The van der Waals surface area contributed by atoms with Crippen LogP contribution in [-0.2, 0) is 20.8 Å². The van der Waals surface area contributed by atoms with Gasteiger partial charge in [0.2, 0.25) is 0 Å². The van der Waals surface area contributed by atoms with Gasteiger partial charge in [-0.3, -0.25) is 0 Å². The number of rotatable bonds is 15. The van der Waals surface area contributed by atoms with Crippen molar-refractivity contribution in [2.45, 2.75) is 53.8 Å². The average Bonchev–Trinajstić information content (AvgIpc) is 2.79. The molecule has 0 saturated heterocycles. The van der Waals surface area contributed by atoms with Gasteiger partial charge in [0, 0.05) is 12.6 Å². The summed E-state index contributed by atoms with van der Waals surface area (Å²) in [5.41, 5.74) is 9.16. The highest BCUT2D eigenvalue weighted by atomic mass is 16.5. The van der Waals surface area contributed by atoms with Gasteiger partial charge in [-0.25, -0.2) is 0 Å². The highest BCUT2D eigenvalue weighted by molar-refractivity contribution is 5.32. The molecule has 0 aliphatic heterocycles. The Morgan fingerprint density at radius 3 is 2.39 bits per heavy atom. The lowest BCUT2D eigenvalue weighted by molar-refractivity contribution is 0.152.